The predicted octanol–water partition coefficient (Wildman–Crippen LogP) is 2.86. The van der Waals surface area contributed by atoms with Crippen molar-refractivity contribution in [3.63, 3.8) is 0 Å². The Hall–Kier alpha value is -2.07. The number of rotatable bonds is 5. The van der Waals surface area contributed by atoms with E-state index in [0.717, 1.165) is 47.4 Å². The van der Waals surface area contributed by atoms with Crippen LogP contribution in [0.2, 0.25) is 0 Å². The first-order valence-corrected chi connectivity index (χ1v) is 12.0. The summed E-state index contributed by atoms with van der Waals surface area (Å²) >= 11 is 1.53. The summed E-state index contributed by atoms with van der Waals surface area (Å²) < 4.78 is 23.3. The number of H-pyrrole nitrogens is 1. The summed E-state index contributed by atoms with van der Waals surface area (Å²) in [5.41, 5.74) is 6.64. The first kappa shape index (κ1) is 21.8. The van der Waals surface area contributed by atoms with Gasteiger partial charge in [-0.2, -0.15) is 0 Å². The van der Waals surface area contributed by atoms with Gasteiger partial charge in [0.15, 0.2) is 0 Å². The van der Waals surface area contributed by atoms with E-state index in [1.807, 2.05) is 6.07 Å². The number of thiophene rings is 1. The highest BCUT2D eigenvalue weighted by Crippen LogP contribution is 2.52. The summed E-state index contributed by atoms with van der Waals surface area (Å²) in [5.74, 6) is -1.22. The average molecular weight is 462 g/mol. The number of ether oxygens (including phenoxy) is 1. The molecule has 0 amide bonds. The molecule has 0 bridgehead atoms. The fraction of sp³-hybridized carbons (Fsp3) is 0.565. The van der Waals surface area contributed by atoms with Gasteiger partial charge in [-0.15, -0.1) is 11.3 Å². The minimum atomic E-state index is -0.790. The number of aliphatic hydroxyl groups is 1. The van der Waals surface area contributed by atoms with Crippen LogP contribution in [0.3, 0.4) is 0 Å². The van der Waals surface area contributed by atoms with E-state index >= 15 is 4.39 Å². The maximum atomic E-state index is 15.9. The van der Waals surface area contributed by atoms with Gasteiger partial charge in [0.1, 0.15) is 11.9 Å². The van der Waals surface area contributed by atoms with E-state index in [0.29, 0.717) is 5.69 Å². The van der Waals surface area contributed by atoms with Crippen molar-refractivity contribution >= 4 is 16.9 Å². The Bertz CT molecular complexity index is 1210. The van der Waals surface area contributed by atoms with Crippen LogP contribution in [-0.2, 0) is 11.2 Å². The van der Waals surface area contributed by atoms with Gasteiger partial charge in [0, 0.05) is 35.4 Å². The molecule has 3 aliphatic carbocycles. The first-order valence-electron chi connectivity index (χ1n) is 11.2. The molecule has 2 aromatic rings. The monoisotopic (exact) mass is 461 g/mol. The molecule has 2 aromatic heterocycles. The number of methoxy groups -OCH3 is 1. The normalized spacial score (nSPS) is 26.1. The van der Waals surface area contributed by atoms with E-state index in [2.05, 4.69) is 4.98 Å². The number of halogens is 1. The van der Waals surface area contributed by atoms with Crippen LogP contribution in [-0.4, -0.2) is 34.4 Å². The van der Waals surface area contributed by atoms with Gasteiger partial charge in [-0.05, 0) is 56.2 Å². The van der Waals surface area contributed by atoms with Crippen LogP contribution in [0.4, 0.5) is 4.39 Å². The highest BCUT2D eigenvalue weighted by molar-refractivity contribution is 7.12. The van der Waals surface area contributed by atoms with Gasteiger partial charge in [-0.25, -0.2) is 9.18 Å². The molecule has 5 rings (SSSR count). The van der Waals surface area contributed by atoms with Crippen molar-refractivity contribution in [1.82, 2.24) is 9.55 Å². The molecular weight excluding hydrogens is 433 g/mol. The van der Waals surface area contributed by atoms with Gasteiger partial charge in [-0.1, -0.05) is 0 Å². The number of aryl methyl sites for hydroxylation is 1. The zero-order valence-corrected chi connectivity index (χ0v) is 19.0. The second-order valence-corrected chi connectivity index (χ2v) is 10.2. The maximum Gasteiger partial charge on any atom is 0.328 e. The first-order chi connectivity index (χ1) is 15.4. The number of nitrogens with zero attached hydrogens (tertiary/aromatic N) is 1. The number of hydrogen-bond donors (Lipinski definition) is 3. The van der Waals surface area contributed by atoms with Crippen molar-refractivity contribution in [2.45, 2.75) is 69.1 Å². The third-order valence-electron chi connectivity index (χ3n) is 7.12. The van der Waals surface area contributed by atoms with E-state index in [9.17, 15) is 14.7 Å². The number of aromatic amines is 1. The van der Waals surface area contributed by atoms with Crippen LogP contribution in [0.15, 0.2) is 21.5 Å². The van der Waals surface area contributed by atoms with E-state index in [1.54, 1.807) is 11.5 Å². The number of fused-ring (bicyclic) bond motifs is 2. The molecule has 0 spiro atoms. The Balaban J connectivity index is 1.69. The van der Waals surface area contributed by atoms with Crippen molar-refractivity contribution in [3.8, 4) is 0 Å². The molecule has 0 aliphatic heterocycles. The molecule has 2 heterocycles. The molecule has 0 saturated heterocycles. The van der Waals surface area contributed by atoms with Crippen molar-refractivity contribution in [2.24, 2.45) is 5.73 Å². The Kier molecular flexibility index (Phi) is 5.48. The van der Waals surface area contributed by atoms with Crippen LogP contribution >= 0.6 is 11.3 Å². The molecule has 4 N–H and O–H groups in total. The third kappa shape index (κ3) is 3.25. The van der Waals surface area contributed by atoms with E-state index in [-0.39, 0.29) is 29.6 Å². The molecule has 1 saturated carbocycles. The summed E-state index contributed by atoms with van der Waals surface area (Å²) in [6, 6.07) is 1.98. The van der Waals surface area contributed by atoms with Gasteiger partial charge >= 0.3 is 5.69 Å². The molecule has 32 heavy (non-hydrogen) atoms. The number of allylic oxidation sites excluding steroid dienone is 1. The average Bonchev–Trinajstić information content (AvgIpc) is 3.51. The third-order valence-corrected chi connectivity index (χ3v) is 8.41. The molecule has 0 radical (unpaired) electrons. The number of nitrogens with two attached hydrogens (primary N) is 1. The maximum absolute atomic E-state index is 15.9. The van der Waals surface area contributed by atoms with Crippen LogP contribution < -0.4 is 17.0 Å². The summed E-state index contributed by atoms with van der Waals surface area (Å²) in [5, 5.41) is 10.4. The minimum Gasteiger partial charge on any atom is -0.391 e. The lowest BCUT2D eigenvalue weighted by atomic mass is 9.81. The molecule has 1 fully saturated rings. The fourth-order valence-electron chi connectivity index (χ4n) is 5.40. The van der Waals surface area contributed by atoms with Crippen LogP contribution in [0.1, 0.15) is 83.2 Å². The largest absolute Gasteiger partial charge is 0.391 e. The Morgan fingerprint density at radius 1 is 1.38 bits per heavy atom. The number of nitrogens with one attached hydrogen (secondary N) is 1. The van der Waals surface area contributed by atoms with Crippen LogP contribution in [0.25, 0.3) is 5.57 Å². The summed E-state index contributed by atoms with van der Waals surface area (Å²) in [7, 11) is 1.49. The van der Waals surface area contributed by atoms with Gasteiger partial charge in [0.05, 0.1) is 23.3 Å². The summed E-state index contributed by atoms with van der Waals surface area (Å²) in [6.07, 6.45) is 2.93. The van der Waals surface area contributed by atoms with Crippen LogP contribution in [0, 0.1) is 0 Å². The Morgan fingerprint density at radius 3 is 2.78 bits per heavy atom. The van der Waals surface area contributed by atoms with E-state index in [1.165, 1.54) is 18.4 Å². The summed E-state index contributed by atoms with van der Waals surface area (Å²) in [6.45, 7) is 1.77. The van der Waals surface area contributed by atoms with E-state index < -0.39 is 35.2 Å². The molecule has 3 aliphatic rings. The smallest absolute Gasteiger partial charge is 0.328 e. The van der Waals surface area contributed by atoms with Crippen LogP contribution in [0.5, 0.6) is 0 Å². The number of aromatic nitrogens is 2. The quantitative estimate of drug-likeness (QED) is 0.634. The van der Waals surface area contributed by atoms with Gasteiger partial charge in [0.25, 0.3) is 5.56 Å². The minimum absolute atomic E-state index is 0.000911. The predicted molar refractivity (Wildman–Crippen MR) is 121 cm³/mol. The molecule has 4 atom stereocenters. The van der Waals surface area contributed by atoms with Gasteiger partial charge in [-0.3, -0.25) is 14.3 Å². The van der Waals surface area contributed by atoms with E-state index in [4.69, 9.17) is 10.5 Å². The van der Waals surface area contributed by atoms with Crippen molar-refractivity contribution in [1.29, 1.82) is 0 Å². The number of hydrogen-bond acceptors (Lipinski definition) is 6. The highest BCUT2D eigenvalue weighted by atomic mass is 32.1. The standard InChI is InChI=1S/C23H28FN3O4S/c1-10-17-20(27(11-6-7-11)23(30)26-22(17)29)21(31-2)18(19(10)24)16-8-13-12(14(28)9-25)4-3-5-15(13)32-16/h8,11-12,14,18,21,28H,3-7,9,25H2,1-2H3,(H,26,29,30). The lowest BCUT2D eigenvalue weighted by Gasteiger charge is -2.33. The molecule has 0 aromatic carbocycles. The lowest BCUT2D eigenvalue weighted by Crippen LogP contribution is -2.39. The lowest BCUT2D eigenvalue weighted by molar-refractivity contribution is 0.0728. The zero-order valence-electron chi connectivity index (χ0n) is 18.2. The molecular formula is C23H28FN3O4S. The van der Waals surface area contributed by atoms with Crippen molar-refractivity contribution in [2.75, 3.05) is 13.7 Å². The molecule has 7 nitrogen and oxygen atoms in total. The summed E-state index contributed by atoms with van der Waals surface area (Å²) in [4.78, 5) is 29.7. The highest BCUT2D eigenvalue weighted by Gasteiger charge is 2.44. The topological polar surface area (TPSA) is 110 Å². The Labute approximate surface area is 188 Å². The fourth-order valence-corrected chi connectivity index (χ4v) is 6.80. The Morgan fingerprint density at radius 2 is 2.12 bits per heavy atom. The molecule has 9 heteroatoms. The zero-order chi connectivity index (χ0) is 22.7. The van der Waals surface area contributed by atoms with Gasteiger partial charge < -0.3 is 15.6 Å². The SMILES string of the molecule is COC1c2c(c(=O)[nH]c(=O)n2C2CC2)C(C)=C(F)C1c1cc2c(s1)CCCC2C(O)CN. The number of aliphatic hydroxyl groups excluding tert-OH is 1. The van der Waals surface area contributed by atoms with Gasteiger partial charge in [0.2, 0.25) is 0 Å². The second-order valence-electron chi connectivity index (χ2n) is 9.06. The second kappa shape index (κ2) is 8.06. The van der Waals surface area contributed by atoms with Crippen molar-refractivity contribution < 1.29 is 14.2 Å². The van der Waals surface area contributed by atoms with Crippen molar-refractivity contribution in [3.05, 3.63) is 59.3 Å². The molecule has 4 unspecified atom stereocenters. The molecule has 172 valence electrons.